The van der Waals surface area contributed by atoms with Crippen LogP contribution < -0.4 is 9.47 Å². The number of fused-ring (bicyclic) bond motifs is 1. The summed E-state index contributed by atoms with van der Waals surface area (Å²) in [5, 5.41) is 1.94. The molecule has 0 N–H and O–H groups in total. The van der Waals surface area contributed by atoms with Crippen molar-refractivity contribution in [3.8, 4) is 11.5 Å². The Balaban J connectivity index is 1.82. The van der Waals surface area contributed by atoms with Crippen molar-refractivity contribution in [2.24, 2.45) is 0 Å². The topological polar surface area (TPSA) is 56.1 Å². The quantitative estimate of drug-likeness (QED) is 0.689. The average molecular weight is 345 g/mol. The maximum Gasteiger partial charge on any atom is 0.274 e. The molecule has 0 aliphatic heterocycles. The summed E-state index contributed by atoms with van der Waals surface area (Å²) in [4.78, 5) is 19.4. The van der Waals surface area contributed by atoms with E-state index < -0.39 is 0 Å². The first-order valence-electron chi connectivity index (χ1n) is 7.60. The van der Waals surface area contributed by atoms with Crippen molar-refractivity contribution in [1.82, 2.24) is 14.3 Å². The molecule has 0 spiro atoms. The van der Waals surface area contributed by atoms with Gasteiger partial charge in [0.05, 0.1) is 13.7 Å². The lowest BCUT2D eigenvalue weighted by Crippen LogP contribution is -2.26. The number of aromatic nitrogens is 2. The van der Waals surface area contributed by atoms with Crippen molar-refractivity contribution in [1.29, 1.82) is 0 Å². The van der Waals surface area contributed by atoms with Crippen LogP contribution in [0.15, 0.2) is 36.0 Å². The molecule has 7 heteroatoms. The number of para-hydroxylation sites is 1. The summed E-state index contributed by atoms with van der Waals surface area (Å²) in [6.45, 7) is 2.86. The highest BCUT2D eigenvalue weighted by Crippen LogP contribution is 2.32. The highest BCUT2D eigenvalue weighted by molar-refractivity contribution is 7.15. The molecule has 24 heavy (non-hydrogen) atoms. The fraction of sp³-hybridized carbons (Fsp3) is 0.294. The van der Waals surface area contributed by atoms with Crippen molar-refractivity contribution in [3.63, 3.8) is 0 Å². The van der Waals surface area contributed by atoms with Crippen LogP contribution in [0.1, 0.15) is 23.0 Å². The van der Waals surface area contributed by atoms with Crippen LogP contribution in [0.5, 0.6) is 11.5 Å². The zero-order chi connectivity index (χ0) is 17.1. The molecule has 126 valence electrons. The predicted molar refractivity (Wildman–Crippen MR) is 93.0 cm³/mol. The van der Waals surface area contributed by atoms with Crippen molar-refractivity contribution in [2.45, 2.75) is 13.5 Å². The molecule has 0 saturated carbocycles. The zero-order valence-corrected chi connectivity index (χ0v) is 14.7. The number of nitrogens with zero attached hydrogens (tertiary/aromatic N) is 3. The minimum absolute atomic E-state index is 0.129. The summed E-state index contributed by atoms with van der Waals surface area (Å²) in [6, 6.07) is 5.67. The third-order valence-electron chi connectivity index (χ3n) is 3.64. The lowest BCUT2D eigenvalue weighted by atomic mass is 10.1. The molecule has 0 aliphatic carbocycles. The summed E-state index contributed by atoms with van der Waals surface area (Å²) in [6.07, 6.45) is 3.64. The van der Waals surface area contributed by atoms with E-state index in [1.165, 1.54) is 11.3 Å². The molecular formula is C17H19N3O3S. The van der Waals surface area contributed by atoms with E-state index in [-0.39, 0.29) is 5.91 Å². The Kier molecular flexibility index (Phi) is 4.71. The maximum atomic E-state index is 12.6. The fourth-order valence-electron chi connectivity index (χ4n) is 2.51. The van der Waals surface area contributed by atoms with Gasteiger partial charge >= 0.3 is 0 Å². The van der Waals surface area contributed by atoms with Gasteiger partial charge in [0.1, 0.15) is 5.69 Å². The summed E-state index contributed by atoms with van der Waals surface area (Å²) in [5.41, 5.74) is 1.33. The van der Waals surface area contributed by atoms with E-state index in [0.29, 0.717) is 30.3 Å². The Hall–Kier alpha value is -2.54. The van der Waals surface area contributed by atoms with Gasteiger partial charge in [0.25, 0.3) is 5.91 Å². The molecular weight excluding hydrogens is 326 g/mol. The molecule has 2 heterocycles. The van der Waals surface area contributed by atoms with Gasteiger partial charge in [0.15, 0.2) is 16.5 Å². The number of thiazole rings is 1. The van der Waals surface area contributed by atoms with E-state index in [4.69, 9.17) is 9.47 Å². The van der Waals surface area contributed by atoms with Crippen LogP contribution >= 0.6 is 11.3 Å². The lowest BCUT2D eigenvalue weighted by molar-refractivity contribution is 0.0778. The van der Waals surface area contributed by atoms with Gasteiger partial charge in [0, 0.05) is 36.9 Å². The minimum Gasteiger partial charge on any atom is -0.493 e. The van der Waals surface area contributed by atoms with E-state index in [9.17, 15) is 4.79 Å². The lowest BCUT2D eigenvalue weighted by Gasteiger charge is -2.19. The second-order valence-corrected chi connectivity index (χ2v) is 6.13. The number of hydrogen-bond acceptors (Lipinski definition) is 5. The predicted octanol–water partition coefficient (Wildman–Crippen LogP) is 3.08. The molecule has 2 aromatic heterocycles. The van der Waals surface area contributed by atoms with Gasteiger partial charge in [-0.3, -0.25) is 9.20 Å². The molecule has 0 bridgehead atoms. The minimum atomic E-state index is -0.129. The zero-order valence-electron chi connectivity index (χ0n) is 13.9. The fourth-order valence-corrected chi connectivity index (χ4v) is 3.21. The second kappa shape index (κ2) is 6.92. The first-order valence-corrected chi connectivity index (χ1v) is 8.48. The molecule has 3 aromatic rings. The Labute approximate surface area is 144 Å². The summed E-state index contributed by atoms with van der Waals surface area (Å²) in [5.74, 6) is 1.21. The highest BCUT2D eigenvalue weighted by atomic mass is 32.1. The van der Waals surface area contributed by atoms with E-state index in [1.807, 2.05) is 41.1 Å². The molecule has 0 fully saturated rings. The molecule has 0 unspecified atom stereocenters. The molecule has 0 radical (unpaired) electrons. The third kappa shape index (κ3) is 3.07. The number of benzene rings is 1. The number of ether oxygens (including phenoxy) is 2. The molecule has 0 saturated heterocycles. The number of carbonyl (C=O) groups excluding carboxylic acids is 1. The largest absolute Gasteiger partial charge is 0.493 e. The monoisotopic (exact) mass is 345 g/mol. The smallest absolute Gasteiger partial charge is 0.274 e. The van der Waals surface area contributed by atoms with Crippen LogP contribution in [0.3, 0.4) is 0 Å². The number of hydrogen-bond donors (Lipinski definition) is 0. The SMILES string of the molecule is CCOc1c(CN(C)C(=O)c2cn3ccsc3n2)cccc1OC. The normalized spacial score (nSPS) is 10.8. The van der Waals surface area contributed by atoms with Crippen molar-refractivity contribution in [3.05, 3.63) is 47.2 Å². The number of rotatable bonds is 6. The van der Waals surface area contributed by atoms with Gasteiger partial charge in [-0.25, -0.2) is 4.98 Å². The van der Waals surface area contributed by atoms with Crippen molar-refractivity contribution in [2.75, 3.05) is 20.8 Å². The van der Waals surface area contributed by atoms with E-state index >= 15 is 0 Å². The van der Waals surface area contributed by atoms with Crippen LogP contribution in [-0.2, 0) is 6.54 Å². The number of amides is 1. The first kappa shape index (κ1) is 16.3. The molecule has 6 nitrogen and oxygen atoms in total. The Morgan fingerprint density at radius 2 is 2.25 bits per heavy atom. The van der Waals surface area contributed by atoms with E-state index in [2.05, 4.69) is 4.98 Å². The molecule has 3 rings (SSSR count). The van der Waals surface area contributed by atoms with Gasteiger partial charge in [0.2, 0.25) is 0 Å². The third-order valence-corrected chi connectivity index (χ3v) is 4.41. The number of imidazole rings is 1. The van der Waals surface area contributed by atoms with Crippen molar-refractivity contribution < 1.29 is 14.3 Å². The standard InChI is InChI=1S/C17H19N3O3S/c1-4-23-15-12(6-5-7-14(15)22-3)10-19(2)16(21)13-11-20-8-9-24-17(20)18-13/h5-9,11H,4,10H2,1-3H3. The van der Waals surface area contributed by atoms with E-state index in [1.54, 1.807) is 25.3 Å². The van der Waals surface area contributed by atoms with E-state index in [0.717, 1.165) is 10.5 Å². The molecule has 0 atom stereocenters. The Morgan fingerprint density at radius 3 is 2.96 bits per heavy atom. The number of methoxy groups -OCH3 is 1. The maximum absolute atomic E-state index is 12.6. The summed E-state index contributed by atoms with van der Waals surface area (Å²) < 4.78 is 12.9. The van der Waals surface area contributed by atoms with Gasteiger partial charge in [-0.15, -0.1) is 11.3 Å². The second-order valence-electron chi connectivity index (χ2n) is 5.26. The molecule has 1 aromatic carbocycles. The van der Waals surface area contributed by atoms with Gasteiger partial charge < -0.3 is 14.4 Å². The molecule has 0 aliphatic rings. The highest BCUT2D eigenvalue weighted by Gasteiger charge is 2.19. The Bertz CT molecular complexity index is 827. The first-order chi connectivity index (χ1) is 11.6. The number of carbonyl (C=O) groups is 1. The van der Waals surface area contributed by atoms with Crippen molar-refractivity contribution >= 4 is 22.2 Å². The van der Waals surface area contributed by atoms with Crippen LogP contribution in [0, 0.1) is 0 Å². The van der Waals surface area contributed by atoms with Gasteiger partial charge in [-0.05, 0) is 13.0 Å². The summed E-state index contributed by atoms with van der Waals surface area (Å²) in [7, 11) is 3.36. The van der Waals surface area contributed by atoms with Crippen LogP contribution in [0.25, 0.3) is 4.96 Å². The summed E-state index contributed by atoms with van der Waals surface area (Å²) >= 11 is 1.50. The van der Waals surface area contributed by atoms with Gasteiger partial charge in [-0.1, -0.05) is 12.1 Å². The molecule has 1 amide bonds. The van der Waals surface area contributed by atoms with Crippen LogP contribution in [-0.4, -0.2) is 41.0 Å². The Morgan fingerprint density at radius 1 is 1.42 bits per heavy atom. The van der Waals surface area contributed by atoms with Gasteiger partial charge in [-0.2, -0.15) is 0 Å². The average Bonchev–Trinajstić information content (AvgIpc) is 3.17. The van der Waals surface area contributed by atoms with Crippen LogP contribution in [0.2, 0.25) is 0 Å². The van der Waals surface area contributed by atoms with Crippen LogP contribution in [0.4, 0.5) is 0 Å².